The van der Waals surface area contributed by atoms with Gasteiger partial charge in [-0.1, -0.05) is 0 Å². The van der Waals surface area contributed by atoms with Crippen LogP contribution in [0.25, 0.3) is 0 Å². The Morgan fingerprint density at radius 2 is 2.09 bits per heavy atom. The Hall–Kier alpha value is -1.06. The van der Waals surface area contributed by atoms with E-state index in [4.69, 9.17) is 5.11 Å². The number of carbonyl (C=O) groups excluding carboxylic acids is 1. The molecule has 11 heavy (non-hydrogen) atoms. The third kappa shape index (κ3) is 3.02. The Kier molecular flexibility index (Phi) is 3.04. The van der Waals surface area contributed by atoms with Crippen LogP contribution in [0.4, 0.5) is 0 Å². The Bertz CT molecular complexity index is 165. The molecule has 0 spiro atoms. The number of rotatable bonds is 4. The van der Waals surface area contributed by atoms with Crippen molar-refractivity contribution in [3.63, 3.8) is 0 Å². The standard InChI is InChI=1S/C7H13NO3/c1-7(2,4-6(10)11)8(3)5-9/h5H,4H2,1-3H3,(H,10,11). The molecular weight excluding hydrogens is 146 g/mol. The number of amides is 1. The maximum atomic E-state index is 10.3. The second-order valence-corrected chi connectivity index (χ2v) is 3.10. The average Bonchev–Trinajstić information content (AvgIpc) is 1.83. The van der Waals surface area contributed by atoms with Crippen molar-refractivity contribution in [3.05, 3.63) is 0 Å². The Morgan fingerprint density at radius 3 is 2.36 bits per heavy atom. The van der Waals surface area contributed by atoms with Crippen molar-refractivity contribution < 1.29 is 14.7 Å². The van der Waals surface area contributed by atoms with Gasteiger partial charge in [0.1, 0.15) is 0 Å². The fraction of sp³-hybridized carbons (Fsp3) is 0.714. The van der Waals surface area contributed by atoms with Crippen LogP contribution in [-0.2, 0) is 9.59 Å². The van der Waals surface area contributed by atoms with Gasteiger partial charge in [-0.2, -0.15) is 0 Å². The van der Waals surface area contributed by atoms with E-state index in [0.29, 0.717) is 6.41 Å². The first kappa shape index (κ1) is 9.94. The zero-order valence-electron chi connectivity index (χ0n) is 7.00. The fourth-order valence-corrected chi connectivity index (χ4v) is 0.637. The minimum Gasteiger partial charge on any atom is -0.481 e. The molecule has 1 N–H and O–H groups in total. The van der Waals surface area contributed by atoms with Gasteiger partial charge in [0.2, 0.25) is 6.41 Å². The van der Waals surface area contributed by atoms with Crippen LogP contribution in [0.15, 0.2) is 0 Å². The zero-order chi connectivity index (χ0) is 9.07. The summed E-state index contributed by atoms with van der Waals surface area (Å²) in [4.78, 5) is 21.9. The molecule has 0 fully saturated rings. The van der Waals surface area contributed by atoms with Crippen molar-refractivity contribution in [1.82, 2.24) is 4.90 Å². The molecule has 64 valence electrons. The van der Waals surface area contributed by atoms with E-state index in [9.17, 15) is 9.59 Å². The molecule has 4 heteroatoms. The molecule has 0 saturated heterocycles. The maximum absolute atomic E-state index is 10.3. The Labute approximate surface area is 65.8 Å². The van der Waals surface area contributed by atoms with E-state index >= 15 is 0 Å². The van der Waals surface area contributed by atoms with E-state index in [0.717, 1.165) is 0 Å². The van der Waals surface area contributed by atoms with Gasteiger partial charge in [0.05, 0.1) is 6.42 Å². The predicted octanol–water partition coefficient (Wildman–Crippen LogP) is 0.328. The number of nitrogens with zero attached hydrogens (tertiary/aromatic N) is 1. The number of carboxylic acids is 1. The lowest BCUT2D eigenvalue weighted by atomic mass is 10.00. The second-order valence-electron chi connectivity index (χ2n) is 3.10. The summed E-state index contributed by atoms with van der Waals surface area (Å²) in [5.74, 6) is -0.899. The molecule has 0 aromatic carbocycles. The maximum Gasteiger partial charge on any atom is 0.305 e. The summed E-state index contributed by atoms with van der Waals surface area (Å²) in [6, 6.07) is 0. The summed E-state index contributed by atoms with van der Waals surface area (Å²) in [7, 11) is 1.57. The molecule has 0 heterocycles. The summed E-state index contributed by atoms with van der Waals surface area (Å²) < 4.78 is 0. The van der Waals surface area contributed by atoms with Gasteiger partial charge in [0, 0.05) is 12.6 Å². The molecule has 4 nitrogen and oxygen atoms in total. The highest BCUT2D eigenvalue weighted by Crippen LogP contribution is 2.14. The van der Waals surface area contributed by atoms with Gasteiger partial charge in [-0.15, -0.1) is 0 Å². The lowest BCUT2D eigenvalue weighted by molar-refractivity contribution is -0.140. The number of carbonyl (C=O) groups is 2. The summed E-state index contributed by atoms with van der Waals surface area (Å²) in [6.07, 6.45) is 0.588. The van der Waals surface area contributed by atoms with Crippen molar-refractivity contribution in [2.45, 2.75) is 25.8 Å². The van der Waals surface area contributed by atoms with E-state index in [1.807, 2.05) is 0 Å². The molecule has 0 aliphatic rings. The average molecular weight is 159 g/mol. The SMILES string of the molecule is CN(C=O)C(C)(C)CC(=O)O. The second kappa shape index (κ2) is 3.37. The summed E-state index contributed by atoms with van der Waals surface area (Å²) in [5, 5.41) is 8.45. The molecule has 1 amide bonds. The molecule has 0 rings (SSSR count). The molecule has 0 aliphatic heterocycles. The predicted molar refractivity (Wildman–Crippen MR) is 40.2 cm³/mol. The molecule has 0 aromatic rings. The van der Waals surface area contributed by atoms with Crippen LogP contribution in [0, 0.1) is 0 Å². The lowest BCUT2D eigenvalue weighted by Gasteiger charge is -2.30. The molecular formula is C7H13NO3. The van der Waals surface area contributed by atoms with Gasteiger partial charge in [-0.05, 0) is 13.8 Å². The monoisotopic (exact) mass is 159 g/mol. The Balaban J connectivity index is 4.19. The molecule has 0 unspecified atom stereocenters. The number of hydrogen-bond donors (Lipinski definition) is 1. The van der Waals surface area contributed by atoms with Crippen LogP contribution in [0.3, 0.4) is 0 Å². The summed E-state index contributed by atoms with van der Waals surface area (Å²) >= 11 is 0. The molecule has 0 aliphatic carbocycles. The third-order valence-electron chi connectivity index (χ3n) is 1.70. The van der Waals surface area contributed by atoms with E-state index in [-0.39, 0.29) is 6.42 Å². The van der Waals surface area contributed by atoms with Crippen molar-refractivity contribution in [2.24, 2.45) is 0 Å². The molecule has 0 aromatic heterocycles. The fourth-order valence-electron chi connectivity index (χ4n) is 0.637. The van der Waals surface area contributed by atoms with Gasteiger partial charge in [-0.25, -0.2) is 0 Å². The van der Waals surface area contributed by atoms with Gasteiger partial charge in [-0.3, -0.25) is 9.59 Å². The summed E-state index contributed by atoms with van der Waals surface area (Å²) in [5.41, 5.74) is -0.604. The van der Waals surface area contributed by atoms with Crippen LogP contribution < -0.4 is 0 Å². The van der Waals surface area contributed by atoms with Crippen molar-refractivity contribution in [1.29, 1.82) is 0 Å². The van der Waals surface area contributed by atoms with E-state index < -0.39 is 11.5 Å². The third-order valence-corrected chi connectivity index (χ3v) is 1.70. The first-order valence-corrected chi connectivity index (χ1v) is 3.30. The van der Waals surface area contributed by atoms with E-state index in [1.165, 1.54) is 4.90 Å². The van der Waals surface area contributed by atoms with Crippen molar-refractivity contribution in [3.8, 4) is 0 Å². The molecule has 0 bridgehead atoms. The Morgan fingerprint density at radius 1 is 1.64 bits per heavy atom. The van der Waals surface area contributed by atoms with E-state index in [2.05, 4.69) is 0 Å². The topological polar surface area (TPSA) is 57.6 Å². The highest BCUT2D eigenvalue weighted by Gasteiger charge is 2.25. The quantitative estimate of drug-likeness (QED) is 0.601. The van der Waals surface area contributed by atoms with Crippen molar-refractivity contribution in [2.75, 3.05) is 7.05 Å². The van der Waals surface area contributed by atoms with Crippen LogP contribution in [0.2, 0.25) is 0 Å². The van der Waals surface area contributed by atoms with Crippen LogP contribution in [0.1, 0.15) is 20.3 Å². The van der Waals surface area contributed by atoms with Crippen LogP contribution in [-0.4, -0.2) is 35.0 Å². The van der Waals surface area contributed by atoms with Crippen molar-refractivity contribution >= 4 is 12.4 Å². The first-order valence-electron chi connectivity index (χ1n) is 3.30. The normalized spacial score (nSPS) is 10.8. The van der Waals surface area contributed by atoms with Gasteiger partial charge < -0.3 is 10.0 Å². The van der Waals surface area contributed by atoms with Gasteiger partial charge in [0.15, 0.2) is 0 Å². The van der Waals surface area contributed by atoms with Crippen LogP contribution >= 0.6 is 0 Å². The highest BCUT2D eigenvalue weighted by molar-refractivity contribution is 5.69. The first-order chi connectivity index (χ1) is 4.90. The highest BCUT2D eigenvalue weighted by atomic mass is 16.4. The number of hydrogen-bond acceptors (Lipinski definition) is 2. The minimum absolute atomic E-state index is 0.0394. The zero-order valence-corrected chi connectivity index (χ0v) is 7.00. The number of carboxylic acid groups (broad SMARTS) is 1. The number of aliphatic carboxylic acids is 1. The van der Waals surface area contributed by atoms with E-state index in [1.54, 1.807) is 20.9 Å². The molecule has 0 saturated carbocycles. The lowest BCUT2D eigenvalue weighted by Crippen LogP contribution is -2.41. The molecule has 0 atom stereocenters. The van der Waals surface area contributed by atoms with Gasteiger partial charge >= 0.3 is 5.97 Å². The largest absolute Gasteiger partial charge is 0.481 e. The summed E-state index contributed by atoms with van der Waals surface area (Å²) in [6.45, 7) is 3.41. The molecule has 0 radical (unpaired) electrons. The van der Waals surface area contributed by atoms with Crippen LogP contribution in [0.5, 0.6) is 0 Å². The van der Waals surface area contributed by atoms with Gasteiger partial charge in [0.25, 0.3) is 0 Å². The minimum atomic E-state index is -0.899. The smallest absolute Gasteiger partial charge is 0.305 e.